The summed E-state index contributed by atoms with van der Waals surface area (Å²) in [5.74, 6) is 0.765. The highest BCUT2D eigenvalue weighted by atomic mass is 16.4. The lowest BCUT2D eigenvalue weighted by Crippen LogP contribution is -1.99. The van der Waals surface area contributed by atoms with Crippen LogP contribution in [0.2, 0.25) is 0 Å². The van der Waals surface area contributed by atoms with Gasteiger partial charge in [-0.3, -0.25) is 0 Å². The molecule has 0 amide bonds. The standard InChI is InChI=1S/C13H14N6O/c1-8-7-20-13(14-8)15-11-5-3-10(4-6-11)9(2)12-16-18-19-17-12/h3-7,9H,1-2H3,(H,14,15)(H,16,17,18,19). The van der Waals surface area contributed by atoms with Crippen molar-refractivity contribution in [1.29, 1.82) is 0 Å². The van der Waals surface area contributed by atoms with E-state index in [-0.39, 0.29) is 5.92 Å². The maximum Gasteiger partial charge on any atom is 0.299 e. The first-order valence-electron chi connectivity index (χ1n) is 6.25. The third kappa shape index (κ3) is 2.51. The number of nitrogens with one attached hydrogen (secondary N) is 2. The second-order valence-corrected chi connectivity index (χ2v) is 4.53. The van der Waals surface area contributed by atoms with Crippen molar-refractivity contribution >= 4 is 11.7 Å². The molecule has 1 atom stereocenters. The largest absolute Gasteiger partial charge is 0.432 e. The summed E-state index contributed by atoms with van der Waals surface area (Å²) in [6, 6.07) is 8.44. The summed E-state index contributed by atoms with van der Waals surface area (Å²) >= 11 is 0. The third-order valence-corrected chi connectivity index (χ3v) is 3.03. The molecule has 0 spiro atoms. The predicted octanol–water partition coefficient (Wildman–Crippen LogP) is 2.39. The van der Waals surface area contributed by atoms with E-state index in [1.165, 1.54) is 0 Å². The quantitative estimate of drug-likeness (QED) is 0.756. The Hall–Kier alpha value is -2.70. The summed E-state index contributed by atoms with van der Waals surface area (Å²) in [5, 5.41) is 17.1. The van der Waals surface area contributed by atoms with Crippen LogP contribution in [-0.4, -0.2) is 25.6 Å². The lowest BCUT2D eigenvalue weighted by atomic mass is 10.0. The number of rotatable bonds is 4. The van der Waals surface area contributed by atoms with Crippen molar-refractivity contribution in [3.63, 3.8) is 0 Å². The van der Waals surface area contributed by atoms with Crippen LogP contribution in [0.1, 0.15) is 29.9 Å². The van der Waals surface area contributed by atoms with E-state index in [0.29, 0.717) is 11.8 Å². The number of hydrogen-bond donors (Lipinski definition) is 2. The molecule has 1 unspecified atom stereocenters. The van der Waals surface area contributed by atoms with Gasteiger partial charge in [0.2, 0.25) is 0 Å². The highest BCUT2D eigenvalue weighted by molar-refractivity contribution is 5.53. The Morgan fingerprint density at radius 3 is 2.65 bits per heavy atom. The fourth-order valence-corrected chi connectivity index (χ4v) is 1.89. The predicted molar refractivity (Wildman–Crippen MR) is 72.7 cm³/mol. The summed E-state index contributed by atoms with van der Waals surface area (Å²) in [5.41, 5.74) is 2.87. The van der Waals surface area contributed by atoms with Crippen LogP contribution in [0.25, 0.3) is 0 Å². The van der Waals surface area contributed by atoms with Gasteiger partial charge in [0.05, 0.1) is 5.69 Å². The zero-order chi connectivity index (χ0) is 13.9. The summed E-state index contributed by atoms with van der Waals surface area (Å²) < 4.78 is 5.25. The first-order chi connectivity index (χ1) is 9.72. The number of hydrogen-bond acceptors (Lipinski definition) is 6. The molecule has 2 N–H and O–H groups in total. The summed E-state index contributed by atoms with van der Waals surface area (Å²) in [7, 11) is 0. The first-order valence-corrected chi connectivity index (χ1v) is 6.25. The molecular formula is C13H14N6O. The molecule has 0 aliphatic heterocycles. The normalized spacial score (nSPS) is 12.3. The molecule has 0 fully saturated rings. The fraction of sp³-hybridized carbons (Fsp3) is 0.231. The monoisotopic (exact) mass is 270 g/mol. The number of aromatic amines is 1. The van der Waals surface area contributed by atoms with Crippen LogP contribution in [-0.2, 0) is 0 Å². The fourth-order valence-electron chi connectivity index (χ4n) is 1.89. The van der Waals surface area contributed by atoms with E-state index in [0.717, 1.165) is 16.9 Å². The van der Waals surface area contributed by atoms with E-state index >= 15 is 0 Å². The maximum absolute atomic E-state index is 5.25. The molecule has 0 saturated heterocycles. The van der Waals surface area contributed by atoms with Crippen molar-refractivity contribution in [2.45, 2.75) is 19.8 Å². The minimum absolute atomic E-state index is 0.0896. The minimum Gasteiger partial charge on any atom is -0.432 e. The number of benzene rings is 1. The Labute approximate surface area is 115 Å². The molecule has 3 aromatic rings. The molecule has 0 saturated carbocycles. The summed E-state index contributed by atoms with van der Waals surface area (Å²) in [6.07, 6.45) is 1.61. The van der Waals surface area contributed by atoms with Crippen molar-refractivity contribution < 1.29 is 4.42 Å². The van der Waals surface area contributed by atoms with Crippen LogP contribution in [0.4, 0.5) is 11.7 Å². The Morgan fingerprint density at radius 1 is 1.25 bits per heavy atom. The highest BCUT2D eigenvalue weighted by Crippen LogP contribution is 2.23. The zero-order valence-corrected chi connectivity index (χ0v) is 11.2. The molecule has 2 aromatic heterocycles. The topological polar surface area (TPSA) is 92.5 Å². The number of nitrogens with zero attached hydrogens (tertiary/aromatic N) is 4. The number of H-pyrrole nitrogens is 1. The average molecular weight is 270 g/mol. The number of tetrazole rings is 1. The lowest BCUT2D eigenvalue weighted by molar-refractivity contribution is 0.577. The van der Waals surface area contributed by atoms with Crippen molar-refractivity contribution in [3.05, 3.63) is 47.6 Å². The van der Waals surface area contributed by atoms with E-state index in [1.807, 2.05) is 38.1 Å². The molecule has 20 heavy (non-hydrogen) atoms. The van der Waals surface area contributed by atoms with Gasteiger partial charge in [0.1, 0.15) is 6.26 Å². The van der Waals surface area contributed by atoms with E-state index in [4.69, 9.17) is 4.42 Å². The third-order valence-electron chi connectivity index (χ3n) is 3.03. The van der Waals surface area contributed by atoms with E-state index in [9.17, 15) is 0 Å². The molecule has 7 nitrogen and oxygen atoms in total. The zero-order valence-electron chi connectivity index (χ0n) is 11.2. The molecule has 102 valence electrons. The molecule has 0 bridgehead atoms. The number of oxazole rings is 1. The van der Waals surface area contributed by atoms with Crippen LogP contribution >= 0.6 is 0 Å². The molecular weight excluding hydrogens is 256 g/mol. The second kappa shape index (κ2) is 5.12. The van der Waals surface area contributed by atoms with E-state index in [1.54, 1.807) is 6.26 Å². The second-order valence-electron chi connectivity index (χ2n) is 4.53. The van der Waals surface area contributed by atoms with Crippen LogP contribution in [0, 0.1) is 6.92 Å². The van der Waals surface area contributed by atoms with Crippen LogP contribution in [0.3, 0.4) is 0 Å². The maximum atomic E-state index is 5.25. The minimum atomic E-state index is 0.0896. The smallest absolute Gasteiger partial charge is 0.299 e. The van der Waals surface area contributed by atoms with Gasteiger partial charge in [-0.25, -0.2) is 0 Å². The van der Waals surface area contributed by atoms with Gasteiger partial charge in [0, 0.05) is 11.6 Å². The van der Waals surface area contributed by atoms with E-state index < -0.39 is 0 Å². The molecule has 3 rings (SSSR count). The molecule has 2 heterocycles. The van der Waals surface area contributed by atoms with Gasteiger partial charge in [-0.1, -0.05) is 24.3 Å². The molecule has 0 radical (unpaired) electrons. The van der Waals surface area contributed by atoms with Gasteiger partial charge in [-0.15, -0.1) is 10.2 Å². The van der Waals surface area contributed by atoms with Gasteiger partial charge in [0.15, 0.2) is 5.82 Å². The number of aromatic nitrogens is 5. The van der Waals surface area contributed by atoms with E-state index in [2.05, 4.69) is 30.9 Å². The van der Waals surface area contributed by atoms with Crippen LogP contribution < -0.4 is 5.32 Å². The molecule has 0 aliphatic rings. The Kier molecular flexibility index (Phi) is 3.16. The van der Waals surface area contributed by atoms with Crippen LogP contribution in [0.15, 0.2) is 34.9 Å². The summed E-state index contributed by atoms with van der Waals surface area (Å²) in [4.78, 5) is 4.19. The average Bonchev–Trinajstić information content (AvgIpc) is 3.11. The number of aryl methyl sites for hydroxylation is 1. The van der Waals surface area contributed by atoms with Crippen LogP contribution in [0.5, 0.6) is 0 Å². The molecule has 7 heteroatoms. The van der Waals surface area contributed by atoms with Gasteiger partial charge in [0.25, 0.3) is 6.01 Å². The van der Waals surface area contributed by atoms with Gasteiger partial charge in [-0.05, 0) is 24.6 Å². The highest BCUT2D eigenvalue weighted by Gasteiger charge is 2.12. The Morgan fingerprint density at radius 2 is 2.05 bits per heavy atom. The van der Waals surface area contributed by atoms with Crippen molar-refractivity contribution in [3.8, 4) is 0 Å². The van der Waals surface area contributed by atoms with Crippen molar-refractivity contribution in [1.82, 2.24) is 25.6 Å². The SMILES string of the molecule is Cc1coc(Nc2ccc(C(C)c3nn[nH]n3)cc2)n1. The van der Waals surface area contributed by atoms with Crippen molar-refractivity contribution in [2.24, 2.45) is 0 Å². The lowest BCUT2D eigenvalue weighted by Gasteiger charge is -2.08. The summed E-state index contributed by atoms with van der Waals surface area (Å²) in [6.45, 7) is 3.91. The molecule has 1 aromatic carbocycles. The Balaban J connectivity index is 1.74. The van der Waals surface area contributed by atoms with Gasteiger partial charge >= 0.3 is 0 Å². The van der Waals surface area contributed by atoms with Gasteiger partial charge < -0.3 is 9.73 Å². The number of anilines is 2. The Bertz CT molecular complexity index is 673. The molecule has 0 aliphatic carbocycles. The van der Waals surface area contributed by atoms with Crippen molar-refractivity contribution in [2.75, 3.05) is 5.32 Å². The van der Waals surface area contributed by atoms with Gasteiger partial charge in [-0.2, -0.15) is 10.2 Å². The first kappa shape index (κ1) is 12.3.